The molecule has 2 N–H and O–H groups in total. The zero-order chi connectivity index (χ0) is 13.1. The first-order valence-corrected chi connectivity index (χ1v) is 6.56. The molecule has 0 saturated carbocycles. The molecule has 1 aliphatic carbocycles. The molecule has 1 unspecified atom stereocenters. The van der Waals surface area contributed by atoms with Crippen LogP contribution in [-0.4, -0.2) is 18.1 Å². The Balaban J connectivity index is 2.24. The molecular weight excluding hydrogens is 224 g/mol. The van der Waals surface area contributed by atoms with Crippen LogP contribution < -0.4 is 10.5 Å². The van der Waals surface area contributed by atoms with E-state index in [2.05, 4.69) is 18.0 Å². The Morgan fingerprint density at radius 2 is 2.22 bits per heavy atom. The molecule has 1 aromatic heterocycles. The Bertz CT molecular complexity index is 466. The highest BCUT2D eigenvalue weighted by molar-refractivity contribution is 5.42. The van der Waals surface area contributed by atoms with Gasteiger partial charge in [0.05, 0.1) is 12.8 Å². The van der Waals surface area contributed by atoms with Crippen molar-refractivity contribution in [2.45, 2.75) is 45.6 Å². The van der Waals surface area contributed by atoms with Crippen LogP contribution in [0.2, 0.25) is 0 Å². The Morgan fingerprint density at radius 1 is 1.44 bits per heavy atom. The largest absolute Gasteiger partial charge is 0.496 e. The van der Waals surface area contributed by atoms with Crippen molar-refractivity contribution in [2.24, 2.45) is 5.73 Å². The van der Waals surface area contributed by atoms with Crippen LogP contribution in [0.4, 0.5) is 0 Å². The van der Waals surface area contributed by atoms with Gasteiger partial charge in [-0.2, -0.15) is 0 Å². The van der Waals surface area contributed by atoms with Crippen molar-refractivity contribution in [3.05, 3.63) is 34.7 Å². The van der Waals surface area contributed by atoms with Gasteiger partial charge in [-0.05, 0) is 33.1 Å². The second-order valence-electron chi connectivity index (χ2n) is 5.10. The Labute approximate surface area is 109 Å². The molecule has 0 amide bonds. The Hall–Kier alpha value is -1.35. The zero-order valence-corrected chi connectivity index (χ0v) is 11.5. The minimum Gasteiger partial charge on any atom is -0.496 e. The van der Waals surface area contributed by atoms with Crippen molar-refractivity contribution in [2.75, 3.05) is 7.11 Å². The summed E-state index contributed by atoms with van der Waals surface area (Å²) in [6.45, 7) is 4.11. The number of methoxy groups -OCH3 is 1. The average molecular weight is 246 g/mol. The molecule has 0 bridgehead atoms. The van der Waals surface area contributed by atoms with Crippen molar-refractivity contribution in [3.8, 4) is 5.75 Å². The second kappa shape index (κ2) is 5.53. The zero-order valence-electron chi connectivity index (χ0n) is 11.5. The predicted octanol–water partition coefficient (Wildman–Crippen LogP) is 2.69. The van der Waals surface area contributed by atoms with Crippen LogP contribution in [0.25, 0.3) is 0 Å². The lowest BCUT2D eigenvalue weighted by molar-refractivity contribution is 0.407. The summed E-state index contributed by atoms with van der Waals surface area (Å²) in [6.07, 6.45) is 8.44. The number of nitrogens with two attached hydrogens (primary N) is 1. The molecule has 1 aromatic rings. The smallest absolute Gasteiger partial charge is 0.128 e. The Morgan fingerprint density at radius 3 is 2.89 bits per heavy atom. The summed E-state index contributed by atoms with van der Waals surface area (Å²) in [5, 5.41) is 0. The molecule has 0 saturated heterocycles. The van der Waals surface area contributed by atoms with Gasteiger partial charge in [0.15, 0.2) is 0 Å². The molecule has 0 spiro atoms. The van der Waals surface area contributed by atoms with Gasteiger partial charge >= 0.3 is 0 Å². The highest BCUT2D eigenvalue weighted by Crippen LogP contribution is 2.27. The molecule has 0 aromatic carbocycles. The maximum Gasteiger partial charge on any atom is 0.128 e. The molecule has 1 heterocycles. The summed E-state index contributed by atoms with van der Waals surface area (Å²) in [6, 6.07) is 0.224. The minimum absolute atomic E-state index is 0.224. The van der Waals surface area contributed by atoms with Crippen LogP contribution >= 0.6 is 0 Å². The number of nitrogens with zero attached hydrogens (tertiary/aromatic N) is 1. The third kappa shape index (κ3) is 2.72. The number of aryl methyl sites for hydroxylation is 1. The fourth-order valence-corrected chi connectivity index (χ4v) is 2.65. The first kappa shape index (κ1) is 13.1. The van der Waals surface area contributed by atoms with E-state index in [1.165, 1.54) is 12.0 Å². The summed E-state index contributed by atoms with van der Waals surface area (Å²) in [5.41, 5.74) is 10.7. The number of hydrogen-bond donors (Lipinski definition) is 1. The van der Waals surface area contributed by atoms with E-state index in [-0.39, 0.29) is 6.04 Å². The van der Waals surface area contributed by atoms with E-state index in [1.807, 2.05) is 13.1 Å². The lowest BCUT2D eigenvalue weighted by Crippen LogP contribution is -2.21. The summed E-state index contributed by atoms with van der Waals surface area (Å²) >= 11 is 0. The lowest BCUT2D eigenvalue weighted by Gasteiger charge is -2.19. The SMILES string of the molecule is COc1c(C)cnc(CC2=CC(N)CCC2)c1C. The van der Waals surface area contributed by atoms with Gasteiger partial charge in [-0.3, -0.25) is 4.98 Å². The topological polar surface area (TPSA) is 48.1 Å². The van der Waals surface area contributed by atoms with Crippen molar-refractivity contribution in [3.63, 3.8) is 0 Å². The van der Waals surface area contributed by atoms with Crippen LogP contribution in [0.1, 0.15) is 36.1 Å². The average Bonchev–Trinajstić information content (AvgIpc) is 2.34. The van der Waals surface area contributed by atoms with E-state index in [0.717, 1.165) is 41.8 Å². The first-order chi connectivity index (χ1) is 8.61. The second-order valence-corrected chi connectivity index (χ2v) is 5.10. The molecule has 1 aliphatic rings. The highest BCUT2D eigenvalue weighted by atomic mass is 16.5. The molecule has 3 heteroatoms. The maximum absolute atomic E-state index is 5.98. The molecule has 0 aliphatic heterocycles. The number of hydrogen-bond acceptors (Lipinski definition) is 3. The molecular formula is C15H22N2O. The van der Waals surface area contributed by atoms with E-state index in [9.17, 15) is 0 Å². The lowest BCUT2D eigenvalue weighted by atomic mass is 9.92. The maximum atomic E-state index is 5.98. The predicted molar refractivity (Wildman–Crippen MR) is 73.9 cm³/mol. The molecule has 0 fully saturated rings. The molecule has 18 heavy (non-hydrogen) atoms. The van der Waals surface area contributed by atoms with E-state index in [0.29, 0.717) is 0 Å². The van der Waals surface area contributed by atoms with E-state index in [4.69, 9.17) is 10.5 Å². The molecule has 98 valence electrons. The van der Waals surface area contributed by atoms with Gasteiger partial charge in [-0.15, -0.1) is 0 Å². The monoisotopic (exact) mass is 246 g/mol. The van der Waals surface area contributed by atoms with Crippen LogP contribution in [0, 0.1) is 13.8 Å². The molecule has 3 nitrogen and oxygen atoms in total. The fraction of sp³-hybridized carbons (Fsp3) is 0.533. The number of pyridine rings is 1. The number of ether oxygens (including phenoxy) is 1. The summed E-state index contributed by atoms with van der Waals surface area (Å²) in [7, 11) is 1.72. The van der Waals surface area contributed by atoms with E-state index >= 15 is 0 Å². The van der Waals surface area contributed by atoms with Crippen molar-refractivity contribution < 1.29 is 4.74 Å². The summed E-state index contributed by atoms with van der Waals surface area (Å²) in [5.74, 6) is 0.959. The number of allylic oxidation sites excluding steroid dienone is 1. The number of aromatic nitrogens is 1. The van der Waals surface area contributed by atoms with Gasteiger partial charge in [0.2, 0.25) is 0 Å². The number of rotatable bonds is 3. The van der Waals surface area contributed by atoms with Crippen molar-refractivity contribution >= 4 is 0 Å². The van der Waals surface area contributed by atoms with Crippen LogP contribution in [0.5, 0.6) is 5.75 Å². The van der Waals surface area contributed by atoms with Crippen molar-refractivity contribution in [1.29, 1.82) is 0 Å². The highest BCUT2D eigenvalue weighted by Gasteiger charge is 2.14. The van der Waals surface area contributed by atoms with Crippen LogP contribution in [0.3, 0.4) is 0 Å². The first-order valence-electron chi connectivity index (χ1n) is 6.56. The Kier molecular flexibility index (Phi) is 4.02. The minimum atomic E-state index is 0.224. The molecule has 2 rings (SSSR count). The summed E-state index contributed by atoms with van der Waals surface area (Å²) < 4.78 is 5.44. The van der Waals surface area contributed by atoms with Gasteiger partial charge in [-0.25, -0.2) is 0 Å². The fourth-order valence-electron chi connectivity index (χ4n) is 2.65. The van der Waals surface area contributed by atoms with Gasteiger partial charge in [0.25, 0.3) is 0 Å². The standard InChI is InChI=1S/C15H22N2O/c1-10-9-17-14(11(2)15(10)18-3)8-12-5-4-6-13(16)7-12/h7,9,13H,4-6,8,16H2,1-3H3. The van der Waals surface area contributed by atoms with Gasteiger partial charge < -0.3 is 10.5 Å². The molecule has 0 radical (unpaired) electrons. The van der Waals surface area contributed by atoms with Gasteiger partial charge in [-0.1, -0.05) is 11.6 Å². The van der Waals surface area contributed by atoms with Crippen molar-refractivity contribution in [1.82, 2.24) is 4.98 Å². The third-order valence-electron chi connectivity index (χ3n) is 3.63. The third-order valence-corrected chi connectivity index (χ3v) is 3.63. The molecule has 1 atom stereocenters. The normalized spacial score (nSPS) is 19.6. The van der Waals surface area contributed by atoms with Crippen LogP contribution in [0.15, 0.2) is 17.8 Å². The van der Waals surface area contributed by atoms with E-state index in [1.54, 1.807) is 7.11 Å². The van der Waals surface area contributed by atoms with Gasteiger partial charge in [0, 0.05) is 29.8 Å². The quantitative estimate of drug-likeness (QED) is 0.834. The summed E-state index contributed by atoms with van der Waals surface area (Å²) in [4.78, 5) is 4.54. The van der Waals surface area contributed by atoms with E-state index < -0.39 is 0 Å². The van der Waals surface area contributed by atoms with Crippen LogP contribution in [-0.2, 0) is 6.42 Å². The van der Waals surface area contributed by atoms with Gasteiger partial charge in [0.1, 0.15) is 5.75 Å².